The molecule has 1 aromatic rings. The second kappa shape index (κ2) is 6.14. The van der Waals surface area contributed by atoms with Crippen LogP contribution >= 0.6 is 11.3 Å². The monoisotopic (exact) mass is 296 g/mol. The average molecular weight is 296 g/mol. The van der Waals surface area contributed by atoms with Gasteiger partial charge in [-0.3, -0.25) is 11.3 Å². The minimum atomic E-state index is -0.160. The molecule has 1 atom stereocenters. The molecule has 0 aliphatic heterocycles. The van der Waals surface area contributed by atoms with Crippen molar-refractivity contribution in [2.45, 2.75) is 65.0 Å². The van der Waals surface area contributed by atoms with E-state index in [-0.39, 0.29) is 11.6 Å². The molecular weight excluding hydrogens is 268 g/mol. The molecule has 0 bridgehead atoms. The van der Waals surface area contributed by atoms with Crippen LogP contribution in [0.2, 0.25) is 0 Å². The SMILES string of the molecule is CCOC1(C(NN)c2csc(C)c2)CCC(C)(C)CC1. The van der Waals surface area contributed by atoms with E-state index in [1.54, 1.807) is 11.3 Å². The Morgan fingerprint density at radius 3 is 2.45 bits per heavy atom. The highest BCUT2D eigenvalue weighted by molar-refractivity contribution is 7.10. The van der Waals surface area contributed by atoms with Crippen LogP contribution in [0.25, 0.3) is 0 Å². The van der Waals surface area contributed by atoms with Crippen LogP contribution in [0.4, 0.5) is 0 Å². The number of hydrogen-bond acceptors (Lipinski definition) is 4. The molecule has 0 radical (unpaired) electrons. The molecule has 114 valence electrons. The summed E-state index contributed by atoms with van der Waals surface area (Å²) in [5.41, 5.74) is 4.56. The Morgan fingerprint density at radius 1 is 1.35 bits per heavy atom. The van der Waals surface area contributed by atoms with Crippen LogP contribution in [0, 0.1) is 12.3 Å². The fourth-order valence-electron chi connectivity index (χ4n) is 3.32. The summed E-state index contributed by atoms with van der Waals surface area (Å²) in [6.07, 6.45) is 4.51. The van der Waals surface area contributed by atoms with E-state index in [0.29, 0.717) is 5.41 Å². The lowest BCUT2D eigenvalue weighted by Gasteiger charge is -2.47. The Bertz CT molecular complexity index is 431. The van der Waals surface area contributed by atoms with E-state index in [1.165, 1.54) is 23.3 Å². The first-order valence-corrected chi connectivity index (χ1v) is 8.45. The van der Waals surface area contributed by atoms with E-state index in [9.17, 15) is 0 Å². The standard InChI is InChI=1S/C16H28N2OS/c1-5-19-16(8-6-15(3,4)7-9-16)14(18-17)13-10-12(2)20-11-13/h10-11,14,18H,5-9,17H2,1-4H3. The molecule has 1 unspecified atom stereocenters. The van der Waals surface area contributed by atoms with Gasteiger partial charge in [0, 0.05) is 11.5 Å². The van der Waals surface area contributed by atoms with Gasteiger partial charge in [0.2, 0.25) is 0 Å². The van der Waals surface area contributed by atoms with Gasteiger partial charge in [0.15, 0.2) is 0 Å². The molecule has 0 aromatic carbocycles. The van der Waals surface area contributed by atoms with Crippen LogP contribution in [0.1, 0.15) is 62.9 Å². The van der Waals surface area contributed by atoms with Crippen molar-refractivity contribution >= 4 is 11.3 Å². The van der Waals surface area contributed by atoms with Crippen LogP contribution in [-0.2, 0) is 4.74 Å². The number of rotatable bonds is 5. The van der Waals surface area contributed by atoms with E-state index >= 15 is 0 Å². The van der Waals surface area contributed by atoms with Crippen molar-refractivity contribution in [3.05, 3.63) is 21.9 Å². The van der Waals surface area contributed by atoms with E-state index in [2.05, 4.69) is 44.6 Å². The summed E-state index contributed by atoms with van der Waals surface area (Å²) >= 11 is 1.78. The van der Waals surface area contributed by atoms with Crippen molar-refractivity contribution in [1.82, 2.24) is 5.43 Å². The zero-order valence-electron chi connectivity index (χ0n) is 13.2. The number of hydrazine groups is 1. The Morgan fingerprint density at radius 2 is 2.00 bits per heavy atom. The van der Waals surface area contributed by atoms with Gasteiger partial charge in [0.1, 0.15) is 0 Å². The first-order chi connectivity index (χ1) is 9.42. The molecule has 4 heteroatoms. The number of hydrogen-bond donors (Lipinski definition) is 2. The molecule has 1 aliphatic rings. The number of nitrogens with one attached hydrogen (secondary N) is 1. The van der Waals surface area contributed by atoms with Crippen molar-refractivity contribution < 1.29 is 4.74 Å². The van der Waals surface area contributed by atoms with E-state index in [1.807, 2.05) is 0 Å². The lowest BCUT2D eigenvalue weighted by molar-refractivity contribution is -0.107. The zero-order chi connectivity index (χ0) is 14.8. The Balaban J connectivity index is 2.26. The zero-order valence-corrected chi connectivity index (χ0v) is 14.0. The second-order valence-electron chi connectivity index (χ2n) is 6.75. The highest BCUT2D eigenvalue weighted by Crippen LogP contribution is 2.47. The molecular formula is C16H28N2OS. The summed E-state index contributed by atoms with van der Waals surface area (Å²) in [5.74, 6) is 5.90. The van der Waals surface area contributed by atoms with Crippen LogP contribution < -0.4 is 11.3 Å². The highest BCUT2D eigenvalue weighted by Gasteiger charge is 2.45. The number of thiophene rings is 1. The lowest BCUT2D eigenvalue weighted by atomic mass is 9.67. The minimum absolute atomic E-state index is 0.0866. The fraction of sp³-hybridized carbons (Fsp3) is 0.750. The van der Waals surface area contributed by atoms with Gasteiger partial charge in [-0.1, -0.05) is 13.8 Å². The normalized spacial score (nSPS) is 22.6. The number of nitrogens with two attached hydrogens (primary N) is 1. The smallest absolute Gasteiger partial charge is 0.0889 e. The molecule has 20 heavy (non-hydrogen) atoms. The predicted molar refractivity (Wildman–Crippen MR) is 85.7 cm³/mol. The van der Waals surface area contributed by atoms with Gasteiger partial charge in [0.25, 0.3) is 0 Å². The van der Waals surface area contributed by atoms with Crippen LogP contribution in [0.3, 0.4) is 0 Å². The largest absolute Gasteiger partial charge is 0.373 e. The first-order valence-electron chi connectivity index (χ1n) is 7.57. The quantitative estimate of drug-likeness (QED) is 0.639. The molecule has 1 aliphatic carbocycles. The molecule has 0 amide bonds. The molecule has 1 fully saturated rings. The molecule has 0 spiro atoms. The van der Waals surface area contributed by atoms with Crippen molar-refractivity contribution in [2.24, 2.45) is 11.3 Å². The van der Waals surface area contributed by atoms with Crippen molar-refractivity contribution in [3.63, 3.8) is 0 Å². The second-order valence-corrected chi connectivity index (χ2v) is 7.87. The molecule has 2 rings (SSSR count). The van der Waals surface area contributed by atoms with Gasteiger partial charge in [-0.25, -0.2) is 0 Å². The highest BCUT2D eigenvalue weighted by atomic mass is 32.1. The number of ether oxygens (including phenoxy) is 1. The van der Waals surface area contributed by atoms with E-state index in [4.69, 9.17) is 10.6 Å². The summed E-state index contributed by atoms with van der Waals surface area (Å²) < 4.78 is 6.24. The maximum absolute atomic E-state index is 6.24. The summed E-state index contributed by atoms with van der Waals surface area (Å²) in [7, 11) is 0. The summed E-state index contributed by atoms with van der Waals surface area (Å²) in [5, 5.41) is 2.21. The summed E-state index contributed by atoms with van der Waals surface area (Å²) in [6.45, 7) is 9.65. The topological polar surface area (TPSA) is 47.3 Å². The van der Waals surface area contributed by atoms with Crippen molar-refractivity contribution in [1.29, 1.82) is 0 Å². The van der Waals surface area contributed by atoms with Crippen LogP contribution in [-0.4, -0.2) is 12.2 Å². The summed E-state index contributed by atoms with van der Waals surface area (Å²) in [4.78, 5) is 1.32. The average Bonchev–Trinajstić information content (AvgIpc) is 2.81. The van der Waals surface area contributed by atoms with Gasteiger partial charge in [-0.05, 0) is 62.0 Å². The van der Waals surface area contributed by atoms with Crippen LogP contribution in [0.15, 0.2) is 11.4 Å². The first kappa shape index (κ1) is 16.0. The van der Waals surface area contributed by atoms with Gasteiger partial charge in [-0.2, -0.15) is 0 Å². The Labute approximate surface area is 126 Å². The van der Waals surface area contributed by atoms with Crippen LogP contribution in [0.5, 0.6) is 0 Å². The third kappa shape index (κ3) is 3.25. The molecule has 1 saturated carbocycles. The Kier molecular flexibility index (Phi) is 4.90. The third-order valence-electron chi connectivity index (χ3n) is 4.66. The maximum atomic E-state index is 6.24. The minimum Gasteiger partial charge on any atom is -0.373 e. The van der Waals surface area contributed by atoms with Gasteiger partial charge < -0.3 is 4.74 Å². The number of aryl methyl sites for hydroxylation is 1. The lowest BCUT2D eigenvalue weighted by Crippen LogP contribution is -2.51. The molecule has 1 heterocycles. The maximum Gasteiger partial charge on any atom is 0.0889 e. The van der Waals surface area contributed by atoms with Crippen molar-refractivity contribution in [2.75, 3.05) is 6.61 Å². The van der Waals surface area contributed by atoms with Crippen molar-refractivity contribution in [3.8, 4) is 0 Å². The predicted octanol–water partition coefficient (Wildman–Crippen LogP) is 3.94. The molecule has 3 N–H and O–H groups in total. The molecule has 3 nitrogen and oxygen atoms in total. The third-order valence-corrected chi connectivity index (χ3v) is 5.54. The molecule has 1 aromatic heterocycles. The fourth-order valence-corrected chi connectivity index (χ4v) is 4.05. The van der Waals surface area contributed by atoms with Gasteiger partial charge in [-0.15, -0.1) is 11.3 Å². The van der Waals surface area contributed by atoms with Gasteiger partial charge in [0.05, 0.1) is 11.6 Å². The van der Waals surface area contributed by atoms with E-state index < -0.39 is 0 Å². The summed E-state index contributed by atoms with van der Waals surface area (Å²) in [6, 6.07) is 2.32. The van der Waals surface area contributed by atoms with E-state index in [0.717, 1.165) is 19.4 Å². The van der Waals surface area contributed by atoms with Gasteiger partial charge >= 0.3 is 0 Å². The Hall–Kier alpha value is -0.420. The molecule has 0 saturated heterocycles.